The molecule has 0 spiro atoms. The molecule has 0 radical (unpaired) electrons. The molecule has 8 heteroatoms. The van der Waals surface area contributed by atoms with Gasteiger partial charge >= 0.3 is 11.9 Å². The zero-order chi connectivity index (χ0) is 20.1. The number of hydrogen-bond acceptors (Lipinski definition) is 6. The summed E-state index contributed by atoms with van der Waals surface area (Å²) in [6.45, 7) is -0.772. The molecule has 0 saturated carbocycles. The Morgan fingerprint density at radius 3 is 2.30 bits per heavy atom. The third-order valence-electron chi connectivity index (χ3n) is 4.10. The van der Waals surface area contributed by atoms with Gasteiger partial charge in [0.05, 0.1) is 0 Å². The summed E-state index contributed by atoms with van der Waals surface area (Å²) in [5, 5.41) is 18.2. The fraction of sp³-hybridized carbons (Fsp3) is 0.474. The normalized spacial score (nSPS) is 11.7. The Morgan fingerprint density at radius 2 is 1.70 bits per heavy atom. The average molecular weight is 379 g/mol. The molecule has 0 heterocycles. The van der Waals surface area contributed by atoms with Crippen molar-refractivity contribution in [3.63, 3.8) is 0 Å². The van der Waals surface area contributed by atoms with Crippen LogP contribution in [0.25, 0.3) is 0 Å². The van der Waals surface area contributed by atoms with Crippen LogP contribution in [0.15, 0.2) is 30.3 Å². The summed E-state index contributed by atoms with van der Waals surface area (Å²) in [5.74, 6) is -2.28. The number of carbonyl (C=O) groups is 4. The number of carboxylic acid groups (broad SMARTS) is 2. The van der Waals surface area contributed by atoms with Crippen LogP contribution in [0, 0.1) is 0 Å². The number of aliphatic carboxylic acids is 2. The molecular formula is C19H25NO7. The van der Waals surface area contributed by atoms with Gasteiger partial charge in [0.15, 0.2) is 5.78 Å². The van der Waals surface area contributed by atoms with Crippen molar-refractivity contribution in [2.75, 3.05) is 13.3 Å². The molecule has 0 aliphatic rings. The number of ether oxygens (including phenoxy) is 1. The molecule has 0 fully saturated rings. The number of carbonyl (C=O) groups excluding carboxylic acids is 2. The highest BCUT2D eigenvalue weighted by molar-refractivity contribution is 5.95. The van der Waals surface area contributed by atoms with Crippen molar-refractivity contribution in [3.05, 3.63) is 35.9 Å². The second-order valence-corrected chi connectivity index (χ2v) is 6.13. The summed E-state index contributed by atoms with van der Waals surface area (Å²) in [6, 6.07) is 7.99. The predicted molar refractivity (Wildman–Crippen MR) is 96.3 cm³/mol. The molecule has 148 valence electrons. The molecule has 0 aliphatic carbocycles. The first-order valence-electron chi connectivity index (χ1n) is 8.78. The maximum absolute atomic E-state index is 12.0. The third-order valence-corrected chi connectivity index (χ3v) is 4.10. The van der Waals surface area contributed by atoms with Crippen LogP contribution in [0.5, 0.6) is 0 Å². The van der Waals surface area contributed by atoms with Gasteiger partial charge in [-0.2, -0.15) is 0 Å². The molecule has 0 aliphatic heterocycles. The van der Waals surface area contributed by atoms with Crippen LogP contribution in [-0.4, -0.2) is 58.6 Å². The molecule has 1 aromatic rings. The van der Waals surface area contributed by atoms with Gasteiger partial charge in [0.1, 0.15) is 19.3 Å². The quantitative estimate of drug-likeness (QED) is 0.206. The lowest BCUT2D eigenvalue weighted by Crippen LogP contribution is -2.45. The van der Waals surface area contributed by atoms with E-state index in [-0.39, 0.29) is 18.7 Å². The molecule has 0 saturated heterocycles. The zero-order valence-corrected chi connectivity index (χ0v) is 15.1. The van der Waals surface area contributed by atoms with Crippen LogP contribution < -0.4 is 0 Å². The van der Waals surface area contributed by atoms with Crippen molar-refractivity contribution in [2.45, 2.75) is 44.6 Å². The number of hydrogen-bond donors (Lipinski definition) is 2. The van der Waals surface area contributed by atoms with Crippen molar-refractivity contribution in [1.82, 2.24) is 4.90 Å². The van der Waals surface area contributed by atoms with Crippen molar-refractivity contribution in [1.29, 1.82) is 0 Å². The van der Waals surface area contributed by atoms with E-state index in [1.165, 1.54) is 0 Å². The van der Waals surface area contributed by atoms with E-state index in [4.69, 9.17) is 5.11 Å². The van der Waals surface area contributed by atoms with Gasteiger partial charge in [-0.3, -0.25) is 19.2 Å². The number of Topliss-reactive ketones (excluding diaryl/α,β-unsaturated/α-hetero) is 1. The van der Waals surface area contributed by atoms with Crippen LogP contribution in [0.4, 0.5) is 0 Å². The van der Waals surface area contributed by atoms with E-state index in [9.17, 15) is 24.3 Å². The van der Waals surface area contributed by atoms with Gasteiger partial charge < -0.3 is 14.9 Å². The number of unbranched alkanes of at least 4 members (excludes halogenated alkanes) is 3. The molecule has 0 aromatic heterocycles. The SMILES string of the molecule is O=COCN(CC(=O)O)C(CCCCCCC(=O)c1ccccc1)C(=O)O. The van der Waals surface area contributed by atoms with E-state index >= 15 is 0 Å². The number of ketones is 1. The Morgan fingerprint density at radius 1 is 1.04 bits per heavy atom. The van der Waals surface area contributed by atoms with E-state index in [2.05, 4.69) is 4.74 Å². The molecule has 8 nitrogen and oxygen atoms in total. The Labute approximate surface area is 157 Å². The second-order valence-electron chi connectivity index (χ2n) is 6.13. The molecule has 1 unspecified atom stereocenters. The van der Waals surface area contributed by atoms with Crippen molar-refractivity contribution < 1.29 is 34.1 Å². The molecule has 27 heavy (non-hydrogen) atoms. The van der Waals surface area contributed by atoms with Crippen molar-refractivity contribution in [3.8, 4) is 0 Å². The molecule has 0 amide bonds. The highest BCUT2D eigenvalue weighted by Crippen LogP contribution is 2.14. The summed E-state index contributed by atoms with van der Waals surface area (Å²) in [6.07, 6.45) is 3.43. The lowest BCUT2D eigenvalue weighted by atomic mass is 10.0. The number of rotatable bonds is 15. The highest BCUT2D eigenvalue weighted by atomic mass is 16.5. The van der Waals surface area contributed by atoms with Crippen LogP contribution in [0.2, 0.25) is 0 Å². The van der Waals surface area contributed by atoms with Crippen LogP contribution in [-0.2, 0) is 19.1 Å². The van der Waals surface area contributed by atoms with E-state index in [0.717, 1.165) is 17.7 Å². The highest BCUT2D eigenvalue weighted by Gasteiger charge is 2.27. The average Bonchev–Trinajstić information content (AvgIpc) is 2.64. The fourth-order valence-corrected chi connectivity index (χ4v) is 2.75. The molecule has 0 bridgehead atoms. The van der Waals surface area contributed by atoms with Gasteiger partial charge in [-0.15, -0.1) is 0 Å². The Balaban J connectivity index is 2.36. The van der Waals surface area contributed by atoms with Gasteiger partial charge in [0.25, 0.3) is 6.47 Å². The summed E-state index contributed by atoms with van der Waals surface area (Å²) >= 11 is 0. The first-order chi connectivity index (χ1) is 13.0. The molecule has 2 N–H and O–H groups in total. The Kier molecular flexibility index (Phi) is 10.4. The Bertz CT molecular complexity index is 618. The van der Waals surface area contributed by atoms with Gasteiger partial charge in [0, 0.05) is 12.0 Å². The molecular weight excluding hydrogens is 354 g/mol. The summed E-state index contributed by atoms with van der Waals surface area (Å²) in [5.41, 5.74) is 0.683. The van der Waals surface area contributed by atoms with Crippen molar-refractivity contribution >= 4 is 24.2 Å². The third kappa shape index (κ3) is 8.96. The monoisotopic (exact) mass is 379 g/mol. The number of benzene rings is 1. The molecule has 1 atom stereocenters. The smallest absolute Gasteiger partial charge is 0.321 e. The van der Waals surface area contributed by atoms with Gasteiger partial charge in [0.2, 0.25) is 0 Å². The first-order valence-corrected chi connectivity index (χ1v) is 8.78. The fourth-order valence-electron chi connectivity index (χ4n) is 2.75. The summed E-state index contributed by atoms with van der Waals surface area (Å²) in [4.78, 5) is 45.7. The van der Waals surface area contributed by atoms with E-state index in [1.807, 2.05) is 18.2 Å². The predicted octanol–water partition coefficient (Wildman–Crippen LogP) is 2.18. The minimum absolute atomic E-state index is 0.0812. The van der Waals surface area contributed by atoms with E-state index < -0.39 is 31.3 Å². The largest absolute Gasteiger partial charge is 0.480 e. The van der Waals surface area contributed by atoms with Gasteiger partial charge in [-0.25, -0.2) is 4.90 Å². The topological polar surface area (TPSA) is 121 Å². The van der Waals surface area contributed by atoms with Crippen LogP contribution in [0.3, 0.4) is 0 Å². The summed E-state index contributed by atoms with van der Waals surface area (Å²) < 4.78 is 4.52. The van der Waals surface area contributed by atoms with Crippen molar-refractivity contribution in [2.24, 2.45) is 0 Å². The van der Waals surface area contributed by atoms with Gasteiger partial charge in [-0.1, -0.05) is 49.6 Å². The van der Waals surface area contributed by atoms with Gasteiger partial charge in [-0.05, 0) is 12.8 Å². The standard InChI is InChI=1S/C19H25NO7/c21-14-27-13-20(12-18(23)24)16(19(25)26)10-6-1-2-7-11-17(22)15-8-4-3-5-9-15/h3-5,8-9,14,16H,1-2,6-7,10-13H2,(H,23,24)(H,25,26). The van der Waals surface area contributed by atoms with E-state index in [1.54, 1.807) is 12.1 Å². The lowest BCUT2D eigenvalue weighted by molar-refractivity contribution is -0.153. The number of carboxylic acids is 2. The van der Waals surface area contributed by atoms with E-state index in [0.29, 0.717) is 24.8 Å². The minimum Gasteiger partial charge on any atom is -0.480 e. The molecule has 1 rings (SSSR count). The Hall–Kier alpha value is -2.74. The molecule has 1 aromatic carbocycles. The maximum Gasteiger partial charge on any atom is 0.321 e. The zero-order valence-electron chi connectivity index (χ0n) is 15.1. The van der Waals surface area contributed by atoms with Crippen LogP contribution >= 0.6 is 0 Å². The maximum atomic E-state index is 12.0. The number of nitrogens with zero attached hydrogens (tertiary/aromatic N) is 1. The summed E-state index contributed by atoms with van der Waals surface area (Å²) in [7, 11) is 0. The lowest BCUT2D eigenvalue weighted by Gasteiger charge is -2.26. The first kappa shape index (κ1) is 22.3. The van der Waals surface area contributed by atoms with Crippen LogP contribution in [0.1, 0.15) is 48.9 Å². The second kappa shape index (κ2) is 12.6. The minimum atomic E-state index is -1.20.